The molecule has 0 saturated carbocycles. The number of benzene rings is 1. The maximum Gasteiger partial charge on any atom is 0.229 e. The van der Waals surface area contributed by atoms with Gasteiger partial charge in [-0.25, -0.2) is 0 Å². The highest BCUT2D eigenvalue weighted by Gasteiger charge is 2.25. The van der Waals surface area contributed by atoms with E-state index >= 15 is 0 Å². The van der Waals surface area contributed by atoms with Crippen molar-refractivity contribution in [2.75, 3.05) is 20.1 Å². The first-order chi connectivity index (χ1) is 13.2. The summed E-state index contributed by atoms with van der Waals surface area (Å²) in [5.41, 5.74) is 1.89. The number of aliphatic imine (C=N–C) groups is 1. The molecule has 7 nitrogen and oxygen atoms in total. The van der Waals surface area contributed by atoms with E-state index in [0.29, 0.717) is 44.9 Å². The first-order valence-electron chi connectivity index (χ1n) is 9.76. The largest absolute Gasteiger partial charge is 0.488 e. The summed E-state index contributed by atoms with van der Waals surface area (Å²) in [4.78, 5) is 29.3. The molecular formula is C21H33IN4O3. The second-order valence-corrected chi connectivity index (χ2v) is 7.97. The third-order valence-corrected chi connectivity index (χ3v) is 4.32. The molecule has 1 fully saturated rings. The number of aryl methyl sites for hydroxylation is 1. The zero-order chi connectivity index (χ0) is 20.7. The minimum absolute atomic E-state index is 0. The van der Waals surface area contributed by atoms with Crippen LogP contribution in [0.3, 0.4) is 0 Å². The number of hydrogen-bond donors (Lipinski definition) is 2. The summed E-state index contributed by atoms with van der Waals surface area (Å²) in [6.07, 6.45) is 1.55. The maximum atomic E-state index is 11.9. The standard InChI is InChI=1S/C21H32N4O3.HI/c1-15-9-10-16(17(13-15)28-21(2,3)4)14-24-20(22-5)23-11-12-25-18(26)7-6-8-19(25)27;/h9-10,13H,6-8,11-12,14H2,1-5H3,(H2,22,23,24);1H. The van der Waals surface area contributed by atoms with Gasteiger partial charge in [0, 0.05) is 45.1 Å². The number of piperidine rings is 1. The predicted molar refractivity (Wildman–Crippen MR) is 126 cm³/mol. The van der Waals surface area contributed by atoms with Gasteiger partial charge in [0.15, 0.2) is 5.96 Å². The van der Waals surface area contributed by atoms with Crippen molar-refractivity contribution in [3.8, 4) is 5.75 Å². The molecule has 1 heterocycles. The molecule has 0 unspecified atom stereocenters. The third kappa shape index (κ3) is 8.20. The van der Waals surface area contributed by atoms with Crippen molar-refractivity contribution in [1.82, 2.24) is 15.5 Å². The number of guanidine groups is 1. The Morgan fingerprint density at radius 2 is 1.83 bits per heavy atom. The van der Waals surface area contributed by atoms with Gasteiger partial charge in [-0.1, -0.05) is 12.1 Å². The van der Waals surface area contributed by atoms with Crippen LogP contribution in [0.1, 0.15) is 51.2 Å². The first kappa shape index (κ1) is 25.2. The lowest BCUT2D eigenvalue weighted by molar-refractivity contribution is -0.147. The predicted octanol–water partition coefficient (Wildman–Crippen LogP) is 2.99. The number of rotatable bonds is 6. The van der Waals surface area contributed by atoms with Crippen LogP contribution in [0.15, 0.2) is 23.2 Å². The lowest BCUT2D eigenvalue weighted by Gasteiger charge is -2.25. The molecule has 0 aliphatic carbocycles. The Bertz CT molecular complexity index is 728. The van der Waals surface area contributed by atoms with Gasteiger partial charge in [0.2, 0.25) is 11.8 Å². The van der Waals surface area contributed by atoms with Gasteiger partial charge >= 0.3 is 0 Å². The number of halogens is 1. The van der Waals surface area contributed by atoms with Gasteiger partial charge in [0.1, 0.15) is 11.4 Å². The monoisotopic (exact) mass is 516 g/mol. The number of likely N-dealkylation sites (tertiary alicyclic amines) is 1. The fourth-order valence-corrected chi connectivity index (χ4v) is 2.97. The Labute approximate surface area is 190 Å². The minimum atomic E-state index is -0.282. The molecule has 0 radical (unpaired) electrons. The average molecular weight is 516 g/mol. The number of ether oxygens (including phenoxy) is 1. The van der Waals surface area contributed by atoms with Gasteiger partial charge in [-0.2, -0.15) is 0 Å². The van der Waals surface area contributed by atoms with Crippen LogP contribution in [-0.4, -0.2) is 48.4 Å². The number of carbonyl (C=O) groups is 2. The van der Waals surface area contributed by atoms with Crippen molar-refractivity contribution in [3.63, 3.8) is 0 Å². The van der Waals surface area contributed by atoms with Gasteiger partial charge in [0.25, 0.3) is 0 Å². The number of amides is 2. The molecular weight excluding hydrogens is 483 g/mol. The molecule has 8 heteroatoms. The zero-order valence-corrected chi connectivity index (χ0v) is 20.3. The summed E-state index contributed by atoms with van der Waals surface area (Å²) >= 11 is 0. The SMILES string of the molecule is CN=C(NCCN1C(=O)CCCC1=O)NCc1ccc(C)cc1OC(C)(C)C.I. The van der Waals surface area contributed by atoms with Crippen LogP contribution >= 0.6 is 24.0 Å². The number of carbonyl (C=O) groups excluding carboxylic acids is 2. The highest BCUT2D eigenvalue weighted by Crippen LogP contribution is 2.24. The molecule has 1 aromatic rings. The Morgan fingerprint density at radius 1 is 1.17 bits per heavy atom. The Hall–Kier alpha value is -1.84. The van der Waals surface area contributed by atoms with E-state index in [-0.39, 0.29) is 41.4 Å². The molecule has 1 saturated heterocycles. The molecule has 2 rings (SSSR count). The highest BCUT2D eigenvalue weighted by atomic mass is 127. The zero-order valence-electron chi connectivity index (χ0n) is 18.0. The van der Waals surface area contributed by atoms with Crippen molar-refractivity contribution in [3.05, 3.63) is 29.3 Å². The van der Waals surface area contributed by atoms with Crippen molar-refractivity contribution in [2.45, 2.75) is 59.1 Å². The average Bonchev–Trinajstić information content (AvgIpc) is 2.60. The van der Waals surface area contributed by atoms with Crippen molar-refractivity contribution in [2.24, 2.45) is 4.99 Å². The molecule has 0 atom stereocenters. The van der Waals surface area contributed by atoms with Crippen LogP contribution in [-0.2, 0) is 16.1 Å². The van der Waals surface area contributed by atoms with Gasteiger partial charge < -0.3 is 15.4 Å². The summed E-state index contributed by atoms with van der Waals surface area (Å²) < 4.78 is 6.08. The Kier molecular flexibility index (Phi) is 9.88. The van der Waals surface area contributed by atoms with E-state index in [9.17, 15) is 9.59 Å². The van der Waals surface area contributed by atoms with Crippen LogP contribution in [0.25, 0.3) is 0 Å². The van der Waals surface area contributed by atoms with E-state index in [1.807, 2.05) is 39.8 Å². The molecule has 0 aromatic heterocycles. The van der Waals surface area contributed by atoms with Gasteiger partial charge in [-0.15, -0.1) is 24.0 Å². The summed E-state index contributed by atoms with van der Waals surface area (Å²) in [7, 11) is 1.69. The summed E-state index contributed by atoms with van der Waals surface area (Å²) in [5, 5.41) is 6.42. The fraction of sp³-hybridized carbons (Fsp3) is 0.571. The van der Waals surface area contributed by atoms with Crippen LogP contribution in [0.2, 0.25) is 0 Å². The highest BCUT2D eigenvalue weighted by molar-refractivity contribution is 14.0. The third-order valence-electron chi connectivity index (χ3n) is 4.32. The maximum absolute atomic E-state index is 11.9. The van der Waals surface area contributed by atoms with Crippen LogP contribution in [0, 0.1) is 6.92 Å². The van der Waals surface area contributed by atoms with E-state index in [0.717, 1.165) is 16.9 Å². The summed E-state index contributed by atoms with van der Waals surface area (Å²) in [6.45, 7) is 9.46. The molecule has 1 aliphatic rings. The number of nitrogens with one attached hydrogen (secondary N) is 2. The van der Waals surface area contributed by atoms with E-state index in [1.165, 1.54) is 4.90 Å². The van der Waals surface area contributed by atoms with Crippen LogP contribution in [0.4, 0.5) is 0 Å². The lowest BCUT2D eigenvalue weighted by atomic mass is 10.1. The Morgan fingerprint density at radius 3 is 2.41 bits per heavy atom. The molecule has 2 N–H and O–H groups in total. The number of hydrogen-bond acceptors (Lipinski definition) is 4. The smallest absolute Gasteiger partial charge is 0.229 e. The molecule has 162 valence electrons. The van der Waals surface area contributed by atoms with E-state index in [1.54, 1.807) is 7.05 Å². The second kappa shape index (κ2) is 11.4. The molecule has 2 amide bonds. The van der Waals surface area contributed by atoms with Gasteiger partial charge in [-0.05, 0) is 45.7 Å². The normalized spacial score (nSPS) is 15.1. The molecule has 29 heavy (non-hydrogen) atoms. The topological polar surface area (TPSA) is 83.0 Å². The fourth-order valence-electron chi connectivity index (χ4n) is 2.97. The minimum Gasteiger partial charge on any atom is -0.488 e. The molecule has 1 aromatic carbocycles. The molecule has 1 aliphatic heterocycles. The van der Waals surface area contributed by atoms with E-state index in [4.69, 9.17) is 4.74 Å². The quantitative estimate of drug-likeness (QED) is 0.263. The number of imide groups is 1. The molecule has 0 bridgehead atoms. The van der Waals surface area contributed by atoms with Crippen molar-refractivity contribution < 1.29 is 14.3 Å². The van der Waals surface area contributed by atoms with Crippen molar-refractivity contribution >= 4 is 41.8 Å². The van der Waals surface area contributed by atoms with Gasteiger partial charge in [-0.3, -0.25) is 19.5 Å². The van der Waals surface area contributed by atoms with Crippen molar-refractivity contribution in [1.29, 1.82) is 0 Å². The van der Waals surface area contributed by atoms with Gasteiger partial charge in [0.05, 0.1) is 0 Å². The molecule has 0 spiro atoms. The Balaban J connectivity index is 0.00000420. The van der Waals surface area contributed by atoms with Crippen LogP contribution < -0.4 is 15.4 Å². The lowest BCUT2D eigenvalue weighted by Crippen LogP contribution is -2.46. The van der Waals surface area contributed by atoms with E-state index < -0.39 is 0 Å². The number of nitrogens with zero attached hydrogens (tertiary/aromatic N) is 2. The van der Waals surface area contributed by atoms with Crippen LogP contribution in [0.5, 0.6) is 5.75 Å². The first-order valence-corrected chi connectivity index (χ1v) is 9.76. The van der Waals surface area contributed by atoms with E-state index in [2.05, 4.69) is 21.7 Å². The summed E-state index contributed by atoms with van der Waals surface area (Å²) in [6, 6.07) is 6.13. The summed E-state index contributed by atoms with van der Waals surface area (Å²) in [5.74, 6) is 1.27. The second-order valence-electron chi connectivity index (χ2n) is 7.97.